The molecule has 0 aliphatic carbocycles. The Kier molecular flexibility index (Phi) is 4.13. The maximum absolute atomic E-state index is 4.60. The van der Waals surface area contributed by atoms with Crippen molar-refractivity contribution in [2.75, 3.05) is 11.9 Å². The van der Waals surface area contributed by atoms with Gasteiger partial charge in [0.25, 0.3) is 0 Å². The minimum atomic E-state index is -0.0502. The van der Waals surface area contributed by atoms with Crippen molar-refractivity contribution >= 4 is 21.7 Å². The topological polar surface area (TPSA) is 55.6 Å². The Morgan fingerprint density at radius 3 is 2.65 bits per heavy atom. The summed E-state index contributed by atoms with van der Waals surface area (Å²) in [6.07, 6.45) is 3.75. The van der Waals surface area contributed by atoms with Gasteiger partial charge in [-0.2, -0.15) is 5.10 Å². The first kappa shape index (κ1) is 15.0. The van der Waals surface area contributed by atoms with Gasteiger partial charge >= 0.3 is 0 Å². The molecule has 0 bridgehead atoms. The van der Waals surface area contributed by atoms with Gasteiger partial charge in [-0.05, 0) is 22.9 Å². The van der Waals surface area contributed by atoms with Crippen molar-refractivity contribution in [3.8, 4) is 11.4 Å². The van der Waals surface area contributed by atoms with E-state index >= 15 is 0 Å². The molecule has 20 heavy (non-hydrogen) atoms. The van der Waals surface area contributed by atoms with Crippen LogP contribution >= 0.6 is 15.9 Å². The highest BCUT2D eigenvalue weighted by Gasteiger charge is 2.24. The van der Waals surface area contributed by atoms with Gasteiger partial charge in [0.05, 0.1) is 15.7 Å². The number of anilines is 1. The molecule has 2 aromatic heterocycles. The molecule has 0 radical (unpaired) electrons. The highest BCUT2D eigenvalue weighted by Crippen LogP contribution is 2.31. The van der Waals surface area contributed by atoms with Gasteiger partial charge in [0.1, 0.15) is 5.82 Å². The third kappa shape index (κ3) is 3.00. The van der Waals surface area contributed by atoms with Crippen LogP contribution in [0.1, 0.15) is 33.4 Å². The fourth-order valence-corrected chi connectivity index (χ4v) is 2.33. The Bertz CT molecular complexity index is 613. The molecular weight excluding hydrogens is 318 g/mol. The fraction of sp³-hybridized carbons (Fsp3) is 0.500. The number of nitrogens with one attached hydrogen (secondary N) is 1. The number of nitrogens with zero attached hydrogens (tertiary/aromatic N) is 4. The zero-order chi connectivity index (χ0) is 14.9. The Morgan fingerprint density at radius 2 is 2.05 bits per heavy atom. The molecule has 2 aromatic rings. The highest BCUT2D eigenvalue weighted by molar-refractivity contribution is 9.10. The maximum Gasteiger partial charge on any atom is 0.165 e. The lowest BCUT2D eigenvalue weighted by Gasteiger charge is -2.17. The summed E-state index contributed by atoms with van der Waals surface area (Å²) in [5.74, 6) is 1.50. The largest absolute Gasteiger partial charge is 0.369 e. The summed E-state index contributed by atoms with van der Waals surface area (Å²) in [6, 6.07) is 0. The van der Waals surface area contributed by atoms with Gasteiger partial charge in [0.2, 0.25) is 0 Å². The van der Waals surface area contributed by atoms with Crippen LogP contribution in [0.4, 0.5) is 5.82 Å². The van der Waals surface area contributed by atoms with Crippen molar-refractivity contribution in [2.45, 2.75) is 33.1 Å². The second kappa shape index (κ2) is 5.52. The van der Waals surface area contributed by atoms with E-state index in [-0.39, 0.29) is 5.41 Å². The molecule has 6 heteroatoms. The summed E-state index contributed by atoms with van der Waals surface area (Å²) in [5.41, 5.74) is 1.93. The minimum Gasteiger partial charge on any atom is -0.369 e. The number of rotatable bonds is 3. The number of aryl methyl sites for hydroxylation is 1. The van der Waals surface area contributed by atoms with E-state index in [1.165, 1.54) is 0 Å². The van der Waals surface area contributed by atoms with E-state index in [0.29, 0.717) is 5.82 Å². The first-order valence-corrected chi connectivity index (χ1v) is 7.43. The summed E-state index contributed by atoms with van der Waals surface area (Å²) in [4.78, 5) is 9.02. The van der Waals surface area contributed by atoms with Gasteiger partial charge in [-0.15, -0.1) is 0 Å². The van der Waals surface area contributed by atoms with Crippen molar-refractivity contribution in [3.05, 3.63) is 22.6 Å². The van der Waals surface area contributed by atoms with Crippen molar-refractivity contribution in [1.29, 1.82) is 0 Å². The van der Waals surface area contributed by atoms with Crippen molar-refractivity contribution < 1.29 is 0 Å². The summed E-state index contributed by atoms with van der Waals surface area (Å²) >= 11 is 3.46. The summed E-state index contributed by atoms with van der Waals surface area (Å²) in [7, 11) is 1.92. The molecule has 5 nitrogen and oxygen atoms in total. The summed E-state index contributed by atoms with van der Waals surface area (Å²) < 4.78 is 2.68. The summed E-state index contributed by atoms with van der Waals surface area (Å²) in [6.45, 7) is 9.28. The molecule has 0 saturated heterocycles. The van der Waals surface area contributed by atoms with E-state index < -0.39 is 0 Å². The molecule has 0 aliphatic rings. The van der Waals surface area contributed by atoms with Crippen molar-refractivity contribution in [3.63, 3.8) is 0 Å². The molecule has 108 valence electrons. The molecule has 0 saturated carbocycles. The van der Waals surface area contributed by atoms with E-state index in [0.717, 1.165) is 28.1 Å². The predicted octanol–water partition coefficient (Wildman–Crippen LogP) is 3.37. The van der Waals surface area contributed by atoms with E-state index in [4.69, 9.17) is 0 Å². The van der Waals surface area contributed by atoms with Crippen LogP contribution in [0, 0.1) is 0 Å². The minimum absolute atomic E-state index is 0.0502. The SMILES string of the molecule is CCNc1nc(-c2cn(C)nc2C(C)(C)C)ncc1Br. The normalized spacial score (nSPS) is 11.7. The average Bonchev–Trinajstić information content (AvgIpc) is 2.74. The van der Waals surface area contributed by atoms with Gasteiger partial charge in [0.15, 0.2) is 5.82 Å². The van der Waals surface area contributed by atoms with E-state index in [2.05, 4.69) is 57.1 Å². The third-order valence-electron chi connectivity index (χ3n) is 2.87. The molecule has 1 N–H and O–H groups in total. The monoisotopic (exact) mass is 337 g/mol. The van der Waals surface area contributed by atoms with Crippen molar-refractivity contribution in [1.82, 2.24) is 19.7 Å². The maximum atomic E-state index is 4.60. The molecule has 0 spiro atoms. The fourth-order valence-electron chi connectivity index (χ4n) is 1.99. The van der Waals surface area contributed by atoms with Gasteiger partial charge in [-0.3, -0.25) is 4.68 Å². The van der Waals surface area contributed by atoms with Crippen LogP contribution in [-0.4, -0.2) is 26.3 Å². The van der Waals surface area contributed by atoms with Gasteiger partial charge in [0, 0.05) is 31.4 Å². The van der Waals surface area contributed by atoms with Crippen LogP contribution in [0.2, 0.25) is 0 Å². The molecule has 0 unspecified atom stereocenters. The first-order valence-electron chi connectivity index (χ1n) is 6.64. The summed E-state index contributed by atoms with van der Waals surface area (Å²) in [5, 5.41) is 7.79. The molecule has 0 fully saturated rings. The first-order chi connectivity index (χ1) is 9.32. The van der Waals surface area contributed by atoms with Crippen LogP contribution in [0.3, 0.4) is 0 Å². The zero-order valence-electron chi connectivity index (χ0n) is 12.5. The van der Waals surface area contributed by atoms with Crippen LogP contribution in [-0.2, 0) is 12.5 Å². The number of halogens is 1. The smallest absolute Gasteiger partial charge is 0.165 e. The molecule has 2 heterocycles. The van der Waals surface area contributed by atoms with Crippen LogP contribution in [0.15, 0.2) is 16.9 Å². The Morgan fingerprint density at radius 1 is 1.35 bits per heavy atom. The standard InChI is InChI=1S/C14H20BrN5/c1-6-16-13-10(15)7-17-12(18-13)9-8-20(5)19-11(9)14(2,3)4/h7-8H,6H2,1-5H3,(H,16,17,18). The molecule has 0 aliphatic heterocycles. The van der Waals surface area contributed by atoms with Crippen LogP contribution in [0.5, 0.6) is 0 Å². The lowest BCUT2D eigenvalue weighted by atomic mass is 9.89. The number of hydrogen-bond acceptors (Lipinski definition) is 4. The van der Waals surface area contributed by atoms with E-state index in [1.54, 1.807) is 6.20 Å². The van der Waals surface area contributed by atoms with Crippen LogP contribution in [0.25, 0.3) is 11.4 Å². The van der Waals surface area contributed by atoms with Gasteiger partial charge < -0.3 is 5.32 Å². The van der Waals surface area contributed by atoms with Crippen molar-refractivity contribution in [2.24, 2.45) is 7.05 Å². The second-order valence-electron chi connectivity index (χ2n) is 5.74. The molecule has 0 atom stereocenters. The molecular formula is C14H20BrN5. The van der Waals surface area contributed by atoms with Gasteiger partial charge in [-0.1, -0.05) is 20.8 Å². The number of hydrogen-bond donors (Lipinski definition) is 1. The highest BCUT2D eigenvalue weighted by atomic mass is 79.9. The molecule has 0 aromatic carbocycles. The zero-order valence-corrected chi connectivity index (χ0v) is 14.1. The van der Waals surface area contributed by atoms with Gasteiger partial charge in [-0.25, -0.2) is 9.97 Å². The lowest BCUT2D eigenvalue weighted by Crippen LogP contribution is -2.14. The lowest BCUT2D eigenvalue weighted by molar-refractivity contribution is 0.554. The average molecular weight is 338 g/mol. The predicted molar refractivity (Wildman–Crippen MR) is 84.8 cm³/mol. The van der Waals surface area contributed by atoms with Crippen LogP contribution < -0.4 is 5.32 Å². The Labute approximate surface area is 128 Å². The third-order valence-corrected chi connectivity index (χ3v) is 3.45. The quantitative estimate of drug-likeness (QED) is 0.932. The number of aromatic nitrogens is 4. The van der Waals surface area contributed by atoms with E-state index in [1.807, 2.05) is 24.9 Å². The Balaban J connectivity index is 2.54. The molecule has 2 rings (SSSR count). The molecule has 0 amide bonds. The Hall–Kier alpha value is -1.43. The van der Waals surface area contributed by atoms with E-state index in [9.17, 15) is 0 Å². The second-order valence-corrected chi connectivity index (χ2v) is 6.59.